The highest BCUT2D eigenvalue weighted by molar-refractivity contribution is 7.91. The summed E-state index contributed by atoms with van der Waals surface area (Å²) in [6, 6.07) is 6.30. The van der Waals surface area contributed by atoms with Gasteiger partial charge in [0.1, 0.15) is 9.22 Å². The molecule has 0 saturated carbocycles. The number of carboxylic acids is 1. The van der Waals surface area contributed by atoms with Gasteiger partial charge in [0, 0.05) is 28.3 Å². The van der Waals surface area contributed by atoms with Crippen molar-refractivity contribution in [1.29, 1.82) is 0 Å². The van der Waals surface area contributed by atoms with E-state index in [9.17, 15) is 23.1 Å². The van der Waals surface area contributed by atoms with Crippen LogP contribution in [0.1, 0.15) is 34.3 Å². The van der Waals surface area contributed by atoms with E-state index < -0.39 is 28.0 Å². The van der Waals surface area contributed by atoms with E-state index in [1.807, 2.05) is 0 Å². The molecule has 192 valence electrons. The number of aryl methyl sites for hydroxylation is 1. The van der Waals surface area contributed by atoms with Crippen molar-refractivity contribution in [3.05, 3.63) is 44.9 Å². The first-order valence-electron chi connectivity index (χ1n) is 11.4. The fourth-order valence-corrected chi connectivity index (χ4v) is 9.16. The normalized spacial score (nSPS) is 21.2. The number of carboxylic acid groups (broad SMARTS) is 1. The maximum Gasteiger partial charge on any atom is 0.312 e. The third kappa shape index (κ3) is 4.77. The number of hydrogen-bond donors (Lipinski definition) is 1. The number of thiophene rings is 1. The maximum atomic E-state index is 13.5. The fraction of sp³-hybridized carbons (Fsp3) is 0.435. The quantitative estimate of drug-likeness (QED) is 0.462. The van der Waals surface area contributed by atoms with E-state index in [0.29, 0.717) is 22.1 Å². The Morgan fingerprint density at radius 2 is 2.11 bits per heavy atom. The Balaban J connectivity index is 1.38. The van der Waals surface area contributed by atoms with Gasteiger partial charge >= 0.3 is 5.97 Å². The van der Waals surface area contributed by atoms with Crippen molar-refractivity contribution in [3.8, 4) is 0 Å². The van der Waals surface area contributed by atoms with Crippen LogP contribution in [-0.4, -0.2) is 72.4 Å². The Morgan fingerprint density at radius 1 is 1.31 bits per heavy atom. The van der Waals surface area contributed by atoms with E-state index in [1.54, 1.807) is 29.2 Å². The Morgan fingerprint density at radius 3 is 2.86 bits per heavy atom. The number of hydrogen-bond acceptors (Lipinski definition) is 8. The molecule has 1 aliphatic carbocycles. The van der Waals surface area contributed by atoms with Gasteiger partial charge in [0.25, 0.3) is 10.0 Å². The lowest BCUT2D eigenvalue weighted by Gasteiger charge is -2.39. The number of nitrogens with zero attached hydrogens (tertiary/aromatic N) is 3. The Bertz CT molecular complexity index is 1440. The van der Waals surface area contributed by atoms with Crippen LogP contribution in [0.25, 0.3) is 10.1 Å². The lowest BCUT2D eigenvalue weighted by atomic mass is 9.91. The highest BCUT2D eigenvalue weighted by Crippen LogP contribution is 2.36. The summed E-state index contributed by atoms with van der Waals surface area (Å²) in [4.78, 5) is 32.0. The molecule has 3 heterocycles. The largest absolute Gasteiger partial charge is 0.481 e. The molecule has 2 aliphatic rings. The van der Waals surface area contributed by atoms with Gasteiger partial charge in [-0.3, -0.25) is 9.59 Å². The van der Waals surface area contributed by atoms with Gasteiger partial charge in [-0.1, -0.05) is 17.7 Å². The zero-order valence-corrected chi connectivity index (χ0v) is 22.6. The van der Waals surface area contributed by atoms with Crippen LogP contribution in [0, 0.1) is 0 Å². The summed E-state index contributed by atoms with van der Waals surface area (Å²) >= 11 is 8.60. The molecule has 0 bridgehead atoms. The smallest absolute Gasteiger partial charge is 0.312 e. The van der Waals surface area contributed by atoms with Crippen LogP contribution in [0.15, 0.2) is 28.5 Å². The summed E-state index contributed by atoms with van der Waals surface area (Å²) < 4.78 is 34.4. The van der Waals surface area contributed by atoms with Gasteiger partial charge in [-0.15, -0.1) is 22.7 Å². The van der Waals surface area contributed by atoms with Gasteiger partial charge in [0.15, 0.2) is 0 Å². The number of sulfonamides is 1. The Kier molecular flexibility index (Phi) is 7.09. The first kappa shape index (κ1) is 25.6. The number of amides is 1. The number of carbonyl (C=O) groups is 2. The average molecular weight is 570 g/mol. The number of fused-ring (bicyclic) bond motifs is 2. The van der Waals surface area contributed by atoms with Gasteiger partial charge in [0.2, 0.25) is 5.91 Å². The fourth-order valence-electron chi connectivity index (χ4n) is 4.74. The molecule has 13 heteroatoms. The second-order valence-corrected chi connectivity index (χ2v) is 13.7. The second-order valence-electron chi connectivity index (χ2n) is 8.88. The molecule has 5 rings (SSSR count). The highest BCUT2D eigenvalue weighted by atomic mass is 35.5. The molecule has 1 aliphatic heterocycles. The summed E-state index contributed by atoms with van der Waals surface area (Å²) in [5, 5.41) is 11.5. The molecule has 1 saturated heterocycles. The molecule has 1 aromatic carbocycles. The van der Waals surface area contributed by atoms with E-state index in [0.717, 1.165) is 39.1 Å². The third-order valence-corrected chi connectivity index (χ3v) is 11.2. The number of thiazole rings is 1. The van der Waals surface area contributed by atoms with Crippen molar-refractivity contribution in [1.82, 2.24) is 14.2 Å². The number of ether oxygens (including phenoxy) is 1. The lowest BCUT2D eigenvalue weighted by molar-refractivity contribution is -0.140. The number of rotatable bonds is 7. The predicted molar refractivity (Wildman–Crippen MR) is 137 cm³/mol. The molecule has 0 spiro atoms. The summed E-state index contributed by atoms with van der Waals surface area (Å²) in [5.41, 5.74) is 0.593. The third-order valence-electron chi connectivity index (χ3n) is 6.50. The van der Waals surface area contributed by atoms with Crippen molar-refractivity contribution in [2.75, 3.05) is 26.8 Å². The molecule has 1 N–H and O–H groups in total. The van der Waals surface area contributed by atoms with Gasteiger partial charge in [-0.05, 0) is 42.8 Å². The molecular formula is C23H24ClN3O6S3. The minimum atomic E-state index is -3.91. The minimum Gasteiger partial charge on any atom is -0.481 e. The summed E-state index contributed by atoms with van der Waals surface area (Å²) in [6.45, 7) is 0.134. The van der Waals surface area contributed by atoms with E-state index >= 15 is 0 Å². The van der Waals surface area contributed by atoms with Crippen LogP contribution >= 0.6 is 34.3 Å². The monoisotopic (exact) mass is 569 g/mol. The van der Waals surface area contributed by atoms with Crippen LogP contribution in [0.4, 0.5) is 0 Å². The first-order chi connectivity index (χ1) is 17.2. The van der Waals surface area contributed by atoms with Crippen molar-refractivity contribution in [3.63, 3.8) is 0 Å². The van der Waals surface area contributed by atoms with Crippen LogP contribution in [-0.2, 0) is 37.3 Å². The number of piperazine rings is 1. The molecule has 1 fully saturated rings. The number of benzene rings is 1. The maximum absolute atomic E-state index is 13.5. The Hall–Kier alpha value is -2.09. The number of aromatic nitrogens is 1. The van der Waals surface area contributed by atoms with E-state index in [1.165, 1.54) is 22.8 Å². The molecule has 3 aromatic rings. The first-order valence-corrected chi connectivity index (χ1v) is 14.8. The molecule has 36 heavy (non-hydrogen) atoms. The standard InChI is InChI=1S/C23H24ClN3O6S3/c1-33-12-15-9-26(36(31,32)21-7-13-5-6-14(24)8-18(13)35-21)11-20(28)27(15)10-19-25-22-16(23(29)30)3-2-4-17(22)34-19/h5-8,15-16H,2-4,9-12H2,1H3,(H,29,30)/t15?,16-/m1/s1. The predicted octanol–water partition coefficient (Wildman–Crippen LogP) is 3.56. The van der Waals surface area contributed by atoms with E-state index in [2.05, 4.69) is 4.98 Å². The molecule has 2 aromatic heterocycles. The summed E-state index contributed by atoms with van der Waals surface area (Å²) in [7, 11) is -2.40. The SMILES string of the molecule is COCC1CN(S(=O)(=O)c2cc3ccc(Cl)cc3s2)CC(=O)N1Cc1nc2c(s1)CCC[C@H]2C(=O)O. The van der Waals surface area contributed by atoms with Crippen LogP contribution < -0.4 is 0 Å². The van der Waals surface area contributed by atoms with Gasteiger partial charge in [-0.25, -0.2) is 13.4 Å². The molecular weight excluding hydrogens is 546 g/mol. The van der Waals surface area contributed by atoms with Crippen LogP contribution in [0.3, 0.4) is 0 Å². The van der Waals surface area contributed by atoms with Crippen molar-refractivity contribution in [2.45, 2.75) is 42.0 Å². The zero-order chi connectivity index (χ0) is 25.6. The topological polar surface area (TPSA) is 117 Å². The molecule has 9 nitrogen and oxygen atoms in total. The van der Waals surface area contributed by atoms with Gasteiger partial charge in [-0.2, -0.15) is 4.31 Å². The van der Waals surface area contributed by atoms with Crippen molar-refractivity contribution >= 4 is 66.3 Å². The Labute approximate surface area is 221 Å². The molecule has 2 atom stereocenters. The van der Waals surface area contributed by atoms with Crippen LogP contribution in [0.5, 0.6) is 0 Å². The van der Waals surface area contributed by atoms with Crippen LogP contribution in [0.2, 0.25) is 5.02 Å². The summed E-state index contributed by atoms with van der Waals surface area (Å²) in [5.74, 6) is -1.86. The van der Waals surface area contributed by atoms with E-state index in [4.69, 9.17) is 16.3 Å². The number of methoxy groups -OCH3 is 1. The highest BCUT2D eigenvalue weighted by Gasteiger charge is 2.40. The lowest BCUT2D eigenvalue weighted by Crippen LogP contribution is -2.58. The molecule has 0 radical (unpaired) electrons. The number of carbonyl (C=O) groups excluding carboxylic acids is 1. The zero-order valence-electron chi connectivity index (χ0n) is 19.3. The second kappa shape index (κ2) is 9.99. The van der Waals surface area contributed by atoms with Gasteiger partial charge in [0.05, 0.1) is 37.4 Å². The molecule has 1 amide bonds. The minimum absolute atomic E-state index is 0.0831. The van der Waals surface area contributed by atoms with Gasteiger partial charge < -0.3 is 14.7 Å². The van der Waals surface area contributed by atoms with Crippen molar-refractivity contribution < 1.29 is 27.9 Å². The molecule has 1 unspecified atom stereocenters. The average Bonchev–Trinajstić information content (AvgIpc) is 3.44. The van der Waals surface area contributed by atoms with Crippen molar-refractivity contribution in [2.24, 2.45) is 0 Å². The van der Waals surface area contributed by atoms with E-state index in [-0.39, 0.29) is 36.4 Å². The summed E-state index contributed by atoms with van der Waals surface area (Å²) in [6.07, 6.45) is 2.12. The number of aliphatic carboxylic acids is 1. The number of halogens is 1.